The van der Waals surface area contributed by atoms with Gasteiger partial charge in [-0.15, -0.1) is 0 Å². The number of nitro benzene ring substituents is 1. The van der Waals surface area contributed by atoms with Gasteiger partial charge in [-0.3, -0.25) is 14.9 Å². The summed E-state index contributed by atoms with van der Waals surface area (Å²) in [6.07, 6.45) is -0.276. The molecular weight excluding hydrogens is 460 g/mol. The van der Waals surface area contributed by atoms with Crippen molar-refractivity contribution in [2.45, 2.75) is 18.8 Å². The Morgan fingerprint density at radius 1 is 1.03 bits per heavy atom. The number of hydrogen-bond donors (Lipinski definition) is 1. The Bertz CT molecular complexity index is 1320. The van der Waals surface area contributed by atoms with Crippen LogP contribution in [0.4, 0.5) is 11.4 Å². The van der Waals surface area contributed by atoms with Gasteiger partial charge in [-0.05, 0) is 36.2 Å². The van der Waals surface area contributed by atoms with Crippen molar-refractivity contribution in [3.05, 3.63) is 105 Å². The number of aryl methyl sites for hydroxylation is 1. The Balaban J connectivity index is 1.85. The van der Waals surface area contributed by atoms with Crippen molar-refractivity contribution < 1.29 is 27.7 Å². The summed E-state index contributed by atoms with van der Waals surface area (Å²) in [4.78, 5) is 36.6. The molecule has 0 aliphatic carbocycles. The minimum absolute atomic E-state index is 0.0253. The molecule has 0 spiro atoms. The predicted octanol–water partition coefficient (Wildman–Crippen LogP) is 3.98. The number of carbonyl (C=O) groups is 2. The quantitative estimate of drug-likeness (QED) is 0.292. The van der Waals surface area contributed by atoms with Gasteiger partial charge in [-0.2, -0.15) is 0 Å². The highest BCUT2D eigenvalue weighted by atomic mass is 32.2. The molecule has 0 aliphatic heterocycles. The normalized spacial score (nSPS) is 11.9. The van der Waals surface area contributed by atoms with Gasteiger partial charge in [0.2, 0.25) is 6.10 Å². The van der Waals surface area contributed by atoms with Crippen molar-refractivity contribution >= 4 is 33.1 Å². The summed E-state index contributed by atoms with van der Waals surface area (Å²) >= 11 is 0. The first-order valence-electron chi connectivity index (χ1n) is 10.1. The molecule has 176 valence electrons. The molecule has 3 aromatic rings. The van der Waals surface area contributed by atoms with E-state index >= 15 is 0 Å². The van der Waals surface area contributed by atoms with Crippen LogP contribution in [0.25, 0.3) is 0 Å². The Morgan fingerprint density at radius 3 is 2.26 bits per heavy atom. The zero-order valence-corrected chi connectivity index (χ0v) is 19.2. The molecule has 0 fully saturated rings. The van der Waals surface area contributed by atoms with Crippen LogP contribution in [0.2, 0.25) is 0 Å². The van der Waals surface area contributed by atoms with Gasteiger partial charge >= 0.3 is 5.97 Å². The standard InChI is InChI=1S/C24H22N2O7S/c1-16-8-13-20(21(14-16)26(29)30)25-23(27)22(18-6-4-3-5-7-18)33-24(28)19-11-9-17(10-12-19)15-34(2,31)32/h3-14,22H,15H2,1-2H3,(H,25,27). The van der Waals surface area contributed by atoms with Crippen LogP contribution in [0.1, 0.15) is 33.2 Å². The van der Waals surface area contributed by atoms with E-state index in [0.717, 1.165) is 6.26 Å². The van der Waals surface area contributed by atoms with E-state index in [1.807, 2.05) is 0 Å². The van der Waals surface area contributed by atoms with Crippen LogP contribution < -0.4 is 5.32 Å². The van der Waals surface area contributed by atoms with Crippen LogP contribution >= 0.6 is 0 Å². The molecule has 1 N–H and O–H groups in total. The van der Waals surface area contributed by atoms with Crippen LogP contribution in [-0.2, 0) is 25.1 Å². The summed E-state index contributed by atoms with van der Waals surface area (Å²) in [6, 6.07) is 18.4. The molecule has 0 radical (unpaired) electrons. The van der Waals surface area contributed by atoms with E-state index in [0.29, 0.717) is 16.7 Å². The molecule has 1 unspecified atom stereocenters. The lowest BCUT2D eigenvalue weighted by Gasteiger charge is -2.18. The number of hydrogen-bond acceptors (Lipinski definition) is 7. The van der Waals surface area contributed by atoms with E-state index in [2.05, 4.69) is 5.32 Å². The van der Waals surface area contributed by atoms with E-state index < -0.39 is 32.7 Å². The van der Waals surface area contributed by atoms with Crippen molar-refractivity contribution in [3.63, 3.8) is 0 Å². The summed E-state index contributed by atoms with van der Waals surface area (Å²) in [5, 5.41) is 13.9. The number of amides is 1. The van der Waals surface area contributed by atoms with Gasteiger partial charge < -0.3 is 10.1 Å². The first-order valence-corrected chi connectivity index (χ1v) is 12.2. The molecule has 1 amide bonds. The molecule has 3 aromatic carbocycles. The zero-order chi connectivity index (χ0) is 24.9. The van der Waals surface area contributed by atoms with Gasteiger partial charge in [0.15, 0.2) is 9.84 Å². The van der Waals surface area contributed by atoms with Crippen molar-refractivity contribution in [2.24, 2.45) is 0 Å². The molecule has 0 aliphatic rings. The highest BCUT2D eigenvalue weighted by Gasteiger charge is 2.28. The van der Waals surface area contributed by atoms with Crippen LogP contribution in [0.15, 0.2) is 72.8 Å². The number of esters is 1. The Labute approximate surface area is 196 Å². The second-order valence-corrected chi connectivity index (χ2v) is 9.87. The third-order valence-electron chi connectivity index (χ3n) is 4.79. The molecule has 0 aromatic heterocycles. The number of ether oxygens (including phenoxy) is 1. The fourth-order valence-corrected chi connectivity index (χ4v) is 4.01. The van der Waals surface area contributed by atoms with Gasteiger partial charge in [-0.25, -0.2) is 13.2 Å². The topological polar surface area (TPSA) is 133 Å². The number of anilines is 1. The SMILES string of the molecule is Cc1ccc(NC(=O)C(OC(=O)c2ccc(CS(C)(=O)=O)cc2)c2ccccc2)c([N+](=O)[O-])c1. The van der Waals surface area contributed by atoms with E-state index in [9.17, 15) is 28.1 Å². The highest BCUT2D eigenvalue weighted by Crippen LogP contribution is 2.28. The molecule has 34 heavy (non-hydrogen) atoms. The molecule has 9 nitrogen and oxygen atoms in total. The summed E-state index contributed by atoms with van der Waals surface area (Å²) in [6.45, 7) is 1.69. The Kier molecular flexibility index (Phi) is 7.42. The number of nitrogens with zero attached hydrogens (tertiary/aromatic N) is 1. The highest BCUT2D eigenvalue weighted by molar-refractivity contribution is 7.89. The molecule has 0 heterocycles. The molecule has 0 bridgehead atoms. The average molecular weight is 483 g/mol. The second-order valence-electron chi connectivity index (χ2n) is 7.73. The fourth-order valence-electron chi connectivity index (χ4n) is 3.21. The summed E-state index contributed by atoms with van der Waals surface area (Å²) in [7, 11) is -3.24. The third-order valence-corrected chi connectivity index (χ3v) is 5.65. The van der Waals surface area contributed by atoms with E-state index in [1.165, 1.54) is 36.4 Å². The van der Waals surface area contributed by atoms with Gasteiger partial charge in [0, 0.05) is 17.9 Å². The van der Waals surface area contributed by atoms with Crippen molar-refractivity contribution in [2.75, 3.05) is 11.6 Å². The first kappa shape index (κ1) is 24.6. The molecular formula is C24H22N2O7S. The number of nitrogens with one attached hydrogen (secondary N) is 1. The predicted molar refractivity (Wildman–Crippen MR) is 126 cm³/mol. The number of benzene rings is 3. The van der Waals surface area contributed by atoms with Crippen LogP contribution in [0.5, 0.6) is 0 Å². The summed E-state index contributed by atoms with van der Waals surface area (Å²) in [5.41, 5.74) is 1.33. The minimum Gasteiger partial charge on any atom is -0.444 e. The average Bonchev–Trinajstić information content (AvgIpc) is 2.78. The van der Waals surface area contributed by atoms with Gasteiger partial charge in [-0.1, -0.05) is 48.5 Å². The van der Waals surface area contributed by atoms with Crippen LogP contribution in [0, 0.1) is 17.0 Å². The Hall–Kier alpha value is -4.05. The number of nitro groups is 1. The number of rotatable bonds is 8. The first-order chi connectivity index (χ1) is 16.0. The third kappa shape index (κ3) is 6.48. The Morgan fingerprint density at radius 2 is 1.68 bits per heavy atom. The molecule has 3 rings (SSSR count). The summed E-state index contributed by atoms with van der Waals surface area (Å²) in [5.74, 6) is -1.75. The lowest BCUT2D eigenvalue weighted by Crippen LogP contribution is -2.26. The van der Waals surface area contributed by atoms with E-state index in [4.69, 9.17) is 4.74 Å². The van der Waals surface area contributed by atoms with Crippen molar-refractivity contribution in [1.82, 2.24) is 0 Å². The number of sulfone groups is 1. The number of carbonyl (C=O) groups excluding carboxylic acids is 2. The van der Waals surface area contributed by atoms with E-state index in [-0.39, 0.29) is 22.7 Å². The largest absolute Gasteiger partial charge is 0.444 e. The maximum absolute atomic E-state index is 13.1. The monoisotopic (exact) mass is 482 g/mol. The fraction of sp³-hybridized carbons (Fsp3) is 0.167. The lowest BCUT2D eigenvalue weighted by atomic mass is 10.1. The molecule has 10 heteroatoms. The molecule has 0 saturated heterocycles. The van der Waals surface area contributed by atoms with Crippen molar-refractivity contribution in [3.8, 4) is 0 Å². The van der Waals surface area contributed by atoms with Crippen LogP contribution in [-0.4, -0.2) is 31.5 Å². The van der Waals surface area contributed by atoms with Gasteiger partial charge in [0.1, 0.15) is 5.69 Å². The van der Waals surface area contributed by atoms with E-state index in [1.54, 1.807) is 43.3 Å². The minimum atomic E-state index is -3.24. The van der Waals surface area contributed by atoms with Gasteiger partial charge in [0.25, 0.3) is 11.6 Å². The zero-order valence-electron chi connectivity index (χ0n) is 18.4. The smallest absolute Gasteiger partial charge is 0.339 e. The molecule has 0 saturated carbocycles. The summed E-state index contributed by atoms with van der Waals surface area (Å²) < 4.78 is 28.4. The maximum atomic E-state index is 13.1. The van der Waals surface area contributed by atoms with Crippen LogP contribution in [0.3, 0.4) is 0 Å². The molecule has 1 atom stereocenters. The van der Waals surface area contributed by atoms with Gasteiger partial charge in [0.05, 0.1) is 16.2 Å². The lowest BCUT2D eigenvalue weighted by molar-refractivity contribution is -0.384. The van der Waals surface area contributed by atoms with Crippen molar-refractivity contribution in [1.29, 1.82) is 0 Å². The maximum Gasteiger partial charge on any atom is 0.339 e. The second kappa shape index (κ2) is 10.3.